The Morgan fingerprint density at radius 3 is 2.35 bits per heavy atom. The Kier molecular flexibility index (Phi) is 9.00. The first kappa shape index (κ1) is 24.3. The molecule has 0 unspecified atom stereocenters. The first-order chi connectivity index (χ1) is 14.7. The van der Waals surface area contributed by atoms with Crippen LogP contribution < -0.4 is 10.6 Å². The highest BCUT2D eigenvalue weighted by molar-refractivity contribution is 5.92. The molecular formula is C24H32N2O5. The molecule has 0 fully saturated rings. The van der Waals surface area contributed by atoms with Crippen molar-refractivity contribution in [1.82, 2.24) is 10.6 Å². The Labute approximate surface area is 183 Å². The summed E-state index contributed by atoms with van der Waals surface area (Å²) in [5.41, 5.74) is 2.16. The molecule has 0 saturated heterocycles. The highest BCUT2D eigenvalue weighted by atomic mass is 16.5. The fourth-order valence-corrected chi connectivity index (χ4v) is 3.59. The third-order valence-corrected chi connectivity index (χ3v) is 5.33. The summed E-state index contributed by atoms with van der Waals surface area (Å²) in [6.07, 6.45) is 5.52. The lowest BCUT2D eigenvalue weighted by atomic mass is 9.87. The molecule has 7 heteroatoms. The summed E-state index contributed by atoms with van der Waals surface area (Å²) < 4.78 is 6.11. The first-order valence-corrected chi connectivity index (χ1v) is 10.6. The third-order valence-electron chi connectivity index (χ3n) is 5.33. The van der Waals surface area contributed by atoms with Crippen molar-refractivity contribution in [2.24, 2.45) is 0 Å². The van der Waals surface area contributed by atoms with Gasteiger partial charge < -0.3 is 20.5 Å². The van der Waals surface area contributed by atoms with Crippen LogP contribution in [0.4, 0.5) is 0 Å². The lowest BCUT2D eigenvalue weighted by molar-refractivity contribution is -0.133. The topological polar surface area (TPSA) is 105 Å². The molecule has 31 heavy (non-hydrogen) atoms. The van der Waals surface area contributed by atoms with Gasteiger partial charge in [-0.2, -0.15) is 0 Å². The van der Waals surface area contributed by atoms with E-state index in [2.05, 4.69) is 10.6 Å². The van der Waals surface area contributed by atoms with Crippen LogP contribution in [-0.4, -0.2) is 47.2 Å². The van der Waals surface area contributed by atoms with Gasteiger partial charge in [0, 0.05) is 25.0 Å². The second kappa shape index (κ2) is 11.5. The molecule has 1 aliphatic rings. The van der Waals surface area contributed by atoms with Gasteiger partial charge in [-0.1, -0.05) is 43.7 Å². The minimum Gasteiger partial charge on any atom is -0.478 e. The van der Waals surface area contributed by atoms with Gasteiger partial charge in [-0.3, -0.25) is 9.59 Å². The molecule has 0 bridgehead atoms. The second-order valence-electron chi connectivity index (χ2n) is 7.83. The number of benzene rings is 1. The number of aliphatic carboxylic acids is 1. The molecular weight excluding hydrogens is 396 g/mol. The van der Waals surface area contributed by atoms with E-state index in [0.29, 0.717) is 0 Å². The molecule has 0 aliphatic heterocycles. The monoisotopic (exact) mass is 428 g/mol. The average molecular weight is 429 g/mol. The number of ether oxygens (including phenoxy) is 1. The van der Waals surface area contributed by atoms with Crippen LogP contribution in [0.2, 0.25) is 0 Å². The van der Waals surface area contributed by atoms with Crippen LogP contribution in [0.1, 0.15) is 51.2 Å². The van der Waals surface area contributed by atoms with Crippen molar-refractivity contribution in [3.8, 4) is 0 Å². The van der Waals surface area contributed by atoms with E-state index in [-0.39, 0.29) is 29.9 Å². The number of hydrogen-bond acceptors (Lipinski definition) is 4. The second-order valence-corrected chi connectivity index (χ2v) is 7.83. The summed E-state index contributed by atoms with van der Waals surface area (Å²) in [5, 5.41) is 15.3. The zero-order valence-electron chi connectivity index (χ0n) is 18.6. The molecule has 1 aliphatic carbocycles. The van der Waals surface area contributed by atoms with Gasteiger partial charge in [0.15, 0.2) is 0 Å². The summed E-state index contributed by atoms with van der Waals surface area (Å²) >= 11 is 0. The summed E-state index contributed by atoms with van der Waals surface area (Å²) in [4.78, 5) is 36.1. The maximum absolute atomic E-state index is 12.6. The molecule has 3 atom stereocenters. The zero-order chi connectivity index (χ0) is 23.0. The van der Waals surface area contributed by atoms with E-state index < -0.39 is 24.2 Å². The zero-order valence-corrected chi connectivity index (χ0v) is 18.6. The summed E-state index contributed by atoms with van der Waals surface area (Å²) in [6.45, 7) is 7.35. The van der Waals surface area contributed by atoms with E-state index in [1.54, 1.807) is 12.2 Å². The van der Waals surface area contributed by atoms with E-state index in [1.807, 2.05) is 45.0 Å². The molecule has 0 radical (unpaired) electrons. The van der Waals surface area contributed by atoms with E-state index in [0.717, 1.165) is 24.0 Å². The van der Waals surface area contributed by atoms with Crippen molar-refractivity contribution in [1.29, 1.82) is 0 Å². The van der Waals surface area contributed by atoms with Crippen LogP contribution in [0.25, 0.3) is 6.08 Å². The van der Waals surface area contributed by atoms with Gasteiger partial charge in [-0.15, -0.1) is 0 Å². The highest BCUT2D eigenvalue weighted by Gasteiger charge is 2.38. The number of amides is 2. The fourth-order valence-electron chi connectivity index (χ4n) is 3.59. The normalized spacial score (nSPS) is 21.1. The molecule has 7 nitrogen and oxygen atoms in total. The van der Waals surface area contributed by atoms with Crippen molar-refractivity contribution in [2.75, 3.05) is 0 Å². The summed E-state index contributed by atoms with van der Waals surface area (Å²) in [7, 11) is 0. The van der Waals surface area contributed by atoms with Crippen LogP contribution in [0, 0.1) is 6.92 Å². The van der Waals surface area contributed by atoms with Crippen molar-refractivity contribution in [3.63, 3.8) is 0 Å². The molecule has 3 N–H and O–H groups in total. The van der Waals surface area contributed by atoms with Gasteiger partial charge in [-0.05, 0) is 37.5 Å². The van der Waals surface area contributed by atoms with Crippen LogP contribution in [0.15, 0.2) is 42.0 Å². The Balaban J connectivity index is 2.23. The van der Waals surface area contributed by atoms with Crippen molar-refractivity contribution in [3.05, 3.63) is 53.1 Å². The van der Waals surface area contributed by atoms with E-state index in [9.17, 15) is 19.5 Å². The summed E-state index contributed by atoms with van der Waals surface area (Å²) in [6, 6.07) is 6.53. The quantitative estimate of drug-likeness (QED) is 0.525. The van der Waals surface area contributed by atoms with Crippen molar-refractivity contribution < 1.29 is 24.2 Å². The minimum atomic E-state index is -1.06. The number of rotatable bonds is 9. The molecule has 1 aromatic rings. The number of nitrogens with one attached hydrogen (secondary N) is 2. The van der Waals surface area contributed by atoms with Crippen molar-refractivity contribution >= 4 is 23.9 Å². The third kappa shape index (κ3) is 7.36. The minimum absolute atomic E-state index is 0.0802. The Morgan fingerprint density at radius 1 is 1.16 bits per heavy atom. The molecule has 0 saturated carbocycles. The number of carboxylic acids is 1. The molecule has 0 aromatic heterocycles. The van der Waals surface area contributed by atoms with Gasteiger partial charge >= 0.3 is 5.97 Å². The first-order valence-electron chi connectivity index (χ1n) is 10.6. The SMILES string of the molecule is CCC(CC)O[C@@H]1C=C(C(=O)O)C[C@H](NC(=O)/C=C/c2ccc(C)cc2)[C@H]1NC(C)=O. The van der Waals surface area contributed by atoms with E-state index in [4.69, 9.17) is 4.74 Å². The van der Waals surface area contributed by atoms with Crippen LogP contribution in [0.5, 0.6) is 0 Å². The van der Waals surface area contributed by atoms with Crippen LogP contribution in [0.3, 0.4) is 0 Å². The average Bonchev–Trinajstić information content (AvgIpc) is 2.72. The highest BCUT2D eigenvalue weighted by Crippen LogP contribution is 2.24. The standard InChI is InChI=1S/C24H32N2O5/c1-5-19(6-2)31-21-14-18(24(29)30)13-20(23(21)25-16(4)27)26-22(28)12-11-17-9-7-15(3)8-10-17/h7-12,14,19-21,23H,5-6,13H2,1-4H3,(H,25,27)(H,26,28)(H,29,30)/b12-11+/t20-,21+,23+/m0/s1. The number of carbonyl (C=O) groups is 3. The van der Waals surface area contributed by atoms with Gasteiger partial charge in [-0.25, -0.2) is 4.79 Å². The predicted molar refractivity (Wildman–Crippen MR) is 119 cm³/mol. The lowest BCUT2D eigenvalue weighted by Gasteiger charge is -2.38. The smallest absolute Gasteiger partial charge is 0.331 e. The summed E-state index contributed by atoms with van der Waals surface area (Å²) in [5.74, 6) is -1.70. The van der Waals surface area contributed by atoms with Gasteiger partial charge in [0.25, 0.3) is 0 Å². The predicted octanol–water partition coefficient (Wildman–Crippen LogP) is 2.99. The van der Waals surface area contributed by atoms with Crippen LogP contribution in [-0.2, 0) is 19.1 Å². The van der Waals surface area contributed by atoms with Gasteiger partial charge in [0.05, 0.1) is 24.3 Å². The molecule has 168 valence electrons. The molecule has 2 amide bonds. The fraction of sp³-hybridized carbons (Fsp3) is 0.458. The van der Waals surface area contributed by atoms with Gasteiger partial charge in [0.2, 0.25) is 11.8 Å². The Hall–Kier alpha value is -2.93. The number of carboxylic acid groups (broad SMARTS) is 1. The Bertz CT molecular complexity index is 840. The number of hydrogen-bond donors (Lipinski definition) is 3. The number of aryl methyl sites for hydroxylation is 1. The maximum atomic E-state index is 12.6. The Morgan fingerprint density at radius 2 is 1.81 bits per heavy atom. The van der Waals surface area contributed by atoms with E-state index >= 15 is 0 Å². The molecule has 2 rings (SSSR count). The molecule has 1 aromatic carbocycles. The molecule has 0 heterocycles. The lowest BCUT2D eigenvalue weighted by Crippen LogP contribution is -2.59. The number of carbonyl (C=O) groups excluding carboxylic acids is 2. The van der Waals surface area contributed by atoms with Gasteiger partial charge in [0.1, 0.15) is 0 Å². The largest absolute Gasteiger partial charge is 0.478 e. The maximum Gasteiger partial charge on any atom is 0.331 e. The van der Waals surface area contributed by atoms with E-state index in [1.165, 1.54) is 13.0 Å². The van der Waals surface area contributed by atoms with Crippen LogP contribution >= 0.6 is 0 Å². The molecule has 0 spiro atoms. The van der Waals surface area contributed by atoms with Crippen molar-refractivity contribution in [2.45, 2.75) is 71.2 Å².